The fraction of sp³-hybridized carbons (Fsp3) is 0.300. The third kappa shape index (κ3) is 4.38. The van der Waals surface area contributed by atoms with Crippen LogP contribution in [-0.4, -0.2) is 18.9 Å². The first kappa shape index (κ1) is 17.0. The van der Waals surface area contributed by atoms with Crippen molar-refractivity contribution in [3.05, 3.63) is 59.2 Å². The SMILES string of the molecule is COc1cc(C(=O)NCc2cccc(NC(=O)C3CC3)c2)ccc1C. The molecule has 2 N–H and O–H groups in total. The van der Waals surface area contributed by atoms with Crippen molar-refractivity contribution >= 4 is 17.5 Å². The number of anilines is 1. The zero-order valence-corrected chi connectivity index (χ0v) is 14.5. The zero-order chi connectivity index (χ0) is 17.8. The molecule has 0 radical (unpaired) electrons. The Morgan fingerprint density at radius 1 is 1.16 bits per heavy atom. The molecule has 0 unspecified atom stereocenters. The Balaban J connectivity index is 1.61. The van der Waals surface area contributed by atoms with Gasteiger partial charge in [-0.1, -0.05) is 18.2 Å². The van der Waals surface area contributed by atoms with Gasteiger partial charge in [0.15, 0.2) is 0 Å². The van der Waals surface area contributed by atoms with Crippen molar-refractivity contribution in [2.75, 3.05) is 12.4 Å². The first-order valence-corrected chi connectivity index (χ1v) is 8.39. The van der Waals surface area contributed by atoms with Crippen molar-refractivity contribution in [1.82, 2.24) is 5.32 Å². The molecule has 1 fully saturated rings. The Bertz CT molecular complexity index is 797. The van der Waals surface area contributed by atoms with Crippen LogP contribution in [0, 0.1) is 12.8 Å². The van der Waals surface area contributed by atoms with Crippen LogP contribution in [0.4, 0.5) is 5.69 Å². The molecule has 5 nitrogen and oxygen atoms in total. The van der Waals surface area contributed by atoms with Crippen LogP contribution in [0.25, 0.3) is 0 Å². The topological polar surface area (TPSA) is 67.4 Å². The van der Waals surface area contributed by atoms with E-state index in [1.54, 1.807) is 19.2 Å². The maximum absolute atomic E-state index is 12.3. The highest BCUT2D eigenvalue weighted by Gasteiger charge is 2.29. The van der Waals surface area contributed by atoms with Gasteiger partial charge in [0, 0.05) is 23.7 Å². The van der Waals surface area contributed by atoms with Gasteiger partial charge in [-0.3, -0.25) is 9.59 Å². The lowest BCUT2D eigenvalue weighted by Crippen LogP contribution is -2.23. The molecule has 2 amide bonds. The van der Waals surface area contributed by atoms with E-state index < -0.39 is 0 Å². The molecule has 2 aromatic rings. The van der Waals surface area contributed by atoms with Crippen molar-refractivity contribution in [3.63, 3.8) is 0 Å². The molecular formula is C20H22N2O3. The van der Waals surface area contributed by atoms with E-state index in [-0.39, 0.29) is 17.7 Å². The fourth-order valence-corrected chi connectivity index (χ4v) is 2.59. The highest BCUT2D eigenvalue weighted by Crippen LogP contribution is 2.30. The number of carbonyl (C=O) groups is 2. The van der Waals surface area contributed by atoms with Gasteiger partial charge in [-0.2, -0.15) is 0 Å². The predicted octanol–water partition coefficient (Wildman–Crippen LogP) is 3.28. The Morgan fingerprint density at radius 3 is 2.68 bits per heavy atom. The lowest BCUT2D eigenvalue weighted by molar-refractivity contribution is -0.117. The molecule has 0 heterocycles. The normalized spacial score (nSPS) is 13.2. The minimum Gasteiger partial charge on any atom is -0.496 e. The summed E-state index contributed by atoms with van der Waals surface area (Å²) in [6.07, 6.45) is 1.95. The van der Waals surface area contributed by atoms with Crippen LogP contribution >= 0.6 is 0 Å². The number of hydrogen-bond donors (Lipinski definition) is 2. The molecule has 1 aliphatic carbocycles. The minimum atomic E-state index is -0.161. The average Bonchev–Trinajstić information content (AvgIpc) is 3.45. The highest BCUT2D eigenvalue weighted by molar-refractivity contribution is 5.95. The van der Waals surface area contributed by atoms with E-state index in [0.717, 1.165) is 29.7 Å². The quantitative estimate of drug-likeness (QED) is 0.849. The van der Waals surface area contributed by atoms with Gasteiger partial charge in [0.05, 0.1) is 7.11 Å². The second-order valence-electron chi connectivity index (χ2n) is 6.33. The second-order valence-corrected chi connectivity index (χ2v) is 6.33. The van der Waals surface area contributed by atoms with Gasteiger partial charge < -0.3 is 15.4 Å². The molecule has 0 atom stereocenters. The van der Waals surface area contributed by atoms with Crippen molar-refractivity contribution < 1.29 is 14.3 Å². The molecule has 1 saturated carbocycles. The molecule has 130 valence electrons. The Morgan fingerprint density at radius 2 is 1.96 bits per heavy atom. The van der Waals surface area contributed by atoms with E-state index in [9.17, 15) is 9.59 Å². The number of benzene rings is 2. The van der Waals surface area contributed by atoms with Crippen molar-refractivity contribution in [3.8, 4) is 5.75 Å². The van der Waals surface area contributed by atoms with E-state index in [0.29, 0.717) is 17.9 Å². The maximum Gasteiger partial charge on any atom is 0.251 e. The molecule has 0 aromatic heterocycles. The van der Waals surface area contributed by atoms with Gasteiger partial charge in [-0.25, -0.2) is 0 Å². The number of ether oxygens (including phenoxy) is 1. The lowest BCUT2D eigenvalue weighted by atomic mass is 10.1. The summed E-state index contributed by atoms with van der Waals surface area (Å²) < 4.78 is 5.26. The van der Waals surface area contributed by atoms with Gasteiger partial charge in [-0.15, -0.1) is 0 Å². The van der Waals surface area contributed by atoms with Gasteiger partial charge in [0.1, 0.15) is 5.75 Å². The van der Waals surface area contributed by atoms with Crippen LogP contribution in [0.2, 0.25) is 0 Å². The smallest absolute Gasteiger partial charge is 0.251 e. The van der Waals surface area contributed by atoms with Gasteiger partial charge in [-0.05, 0) is 55.2 Å². The summed E-state index contributed by atoms with van der Waals surface area (Å²) in [5.74, 6) is 0.774. The maximum atomic E-state index is 12.3. The summed E-state index contributed by atoms with van der Waals surface area (Å²) in [5.41, 5.74) is 3.24. The van der Waals surface area contributed by atoms with Crippen LogP contribution < -0.4 is 15.4 Å². The molecule has 1 aliphatic rings. The average molecular weight is 338 g/mol. The standard InChI is InChI=1S/C20H22N2O3/c1-13-6-7-16(11-18(13)25-2)19(23)21-12-14-4-3-5-17(10-14)22-20(24)15-8-9-15/h3-7,10-11,15H,8-9,12H2,1-2H3,(H,21,23)(H,22,24). The number of rotatable bonds is 6. The first-order valence-electron chi connectivity index (χ1n) is 8.39. The van der Waals surface area contributed by atoms with E-state index in [4.69, 9.17) is 4.74 Å². The van der Waals surface area contributed by atoms with Crippen molar-refractivity contribution in [2.24, 2.45) is 5.92 Å². The Hall–Kier alpha value is -2.82. The number of nitrogens with one attached hydrogen (secondary N) is 2. The highest BCUT2D eigenvalue weighted by atomic mass is 16.5. The minimum absolute atomic E-state index is 0.0768. The van der Waals surface area contributed by atoms with Crippen molar-refractivity contribution in [2.45, 2.75) is 26.3 Å². The van der Waals surface area contributed by atoms with Crippen LogP contribution in [0.3, 0.4) is 0 Å². The fourth-order valence-electron chi connectivity index (χ4n) is 2.59. The van der Waals surface area contributed by atoms with Gasteiger partial charge >= 0.3 is 0 Å². The molecule has 3 rings (SSSR count). The second kappa shape index (κ2) is 7.38. The van der Waals surface area contributed by atoms with Gasteiger partial charge in [0.2, 0.25) is 5.91 Å². The molecule has 0 aliphatic heterocycles. The molecule has 2 aromatic carbocycles. The third-order valence-electron chi connectivity index (χ3n) is 4.27. The molecule has 25 heavy (non-hydrogen) atoms. The van der Waals surface area contributed by atoms with Crippen LogP contribution in [0.5, 0.6) is 5.75 Å². The summed E-state index contributed by atoms with van der Waals surface area (Å²) in [5, 5.41) is 5.81. The van der Waals surface area contributed by atoms with E-state index in [1.807, 2.05) is 37.3 Å². The number of carbonyl (C=O) groups excluding carboxylic acids is 2. The lowest BCUT2D eigenvalue weighted by Gasteiger charge is -2.10. The summed E-state index contributed by atoms with van der Waals surface area (Å²) >= 11 is 0. The van der Waals surface area contributed by atoms with E-state index in [1.165, 1.54) is 0 Å². The third-order valence-corrected chi connectivity index (χ3v) is 4.27. The van der Waals surface area contributed by atoms with Crippen LogP contribution in [0.1, 0.15) is 34.3 Å². The number of amides is 2. The zero-order valence-electron chi connectivity index (χ0n) is 14.5. The summed E-state index contributed by atoms with van der Waals surface area (Å²) in [4.78, 5) is 24.2. The van der Waals surface area contributed by atoms with E-state index in [2.05, 4.69) is 10.6 Å². The van der Waals surface area contributed by atoms with E-state index >= 15 is 0 Å². The monoisotopic (exact) mass is 338 g/mol. The molecule has 0 spiro atoms. The van der Waals surface area contributed by atoms with Crippen molar-refractivity contribution in [1.29, 1.82) is 0 Å². The summed E-state index contributed by atoms with van der Waals surface area (Å²) in [6.45, 7) is 2.32. The van der Waals surface area contributed by atoms with Gasteiger partial charge in [0.25, 0.3) is 5.91 Å². The first-order chi connectivity index (χ1) is 12.1. The molecule has 0 bridgehead atoms. The largest absolute Gasteiger partial charge is 0.496 e. The summed E-state index contributed by atoms with van der Waals surface area (Å²) in [7, 11) is 1.59. The molecule has 0 saturated heterocycles. The predicted molar refractivity (Wildman–Crippen MR) is 96.7 cm³/mol. The molecular weight excluding hydrogens is 316 g/mol. The molecule has 5 heteroatoms. The Kier molecular flexibility index (Phi) is 5.03. The number of hydrogen-bond acceptors (Lipinski definition) is 3. The number of methoxy groups -OCH3 is 1. The Labute approximate surface area is 147 Å². The van der Waals surface area contributed by atoms with Crippen LogP contribution in [0.15, 0.2) is 42.5 Å². The van der Waals surface area contributed by atoms with Crippen LogP contribution in [-0.2, 0) is 11.3 Å². The number of aryl methyl sites for hydroxylation is 1. The summed E-state index contributed by atoms with van der Waals surface area (Å²) in [6, 6.07) is 12.9.